The number of thioether (sulfide) groups is 1. The van der Waals surface area contributed by atoms with E-state index in [0.29, 0.717) is 18.7 Å². The Bertz CT molecular complexity index is 1130. The first kappa shape index (κ1) is 22.9. The normalized spacial score (nSPS) is 16.9. The number of nitrogens with one attached hydrogen (secondary N) is 1. The summed E-state index contributed by atoms with van der Waals surface area (Å²) in [6.07, 6.45) is 13.6. The molecule has 1 aliphatic carbocycles. The van der Waals surface area contributed by atoms with Crippen molar-refractivity contribution in [1.29, 1.82) is 0 Å². The average Bonchev–Trinajstić information content (AvgIpc) is 3.64. The monoisotopic (exact) mass is 496 g/mol. The standard InChI is InChI=1S/C24H28N6O2S2/c1-33-20-6-3-18(4-7-20)15-29(24-27-23(28-34-24)30-12-10-26-16-30)11-2-9-25-14-19-5-8-21-22(13-19)32-17-31-21/h3-8,10,12,16,19,25H,2,9,11,13-15,17H2,1H3. The van der Waals surface area contributed by atoms with Crippen LogP contribution in [0.25, 0.3) is 5.95 Å². The van der Waals surface area contributed by atoms with Gasteiger partial charge in [-0.15, -0.1) is 11.8 Å². The smallest absolute Gasteiger partial charge is 0.248 e. The number of nitrogens with zero attached hydrogens (tertiary/aromatic N) is 5. The lowest BCUT2D eigenvalue weighted by atomic mass is 9.98. The van der Waals surface area contributed by atoms with Crippen molar-refractivity contribution in [2.75, 3.05) is 37.6 Å². The minimum Gasteiger partial charge on any atom is -0.458 e. The lowest BCUT2D eigenvalue weighted by Gasteiger charge is -2.22. The summed E-state index contributed by atoms with van der Waals surface area (Å²) in [5.41, 5.74) is 1.26. The predicted octanol–water partition coefficient (Wildman–Crippen LogP) is 4.22. The third kappa shape index (κ3) is 5.63. The molecular weight excluding hydrogens is 468 g/mol. The van der Waals surface area contributed by atoms with Crippen LogP contribution in [-0.2, 0) is 16.0 Å². The first-order chi connectivity index (χ1) is 16.8. The zero-order chi connectivity index (χ0) is 23.2. The largest absolute Gasteiger partial charge is 0.458 e. The zero-order valence-electron chi connectivity index (χ0n) is 19.1. The van der Waals surface area contributed by atoms with Gasteiger partial charge in [0.25, 0.3) is 0 Å². The molecule has 8 nitrogen and oxygen atoms in total. The quantitative estimate of drug-likeness (QED) is 0.312. The number of rotatable bonds is 11. The van der Waals surface area contributed by atoms with E-state index in [-0.39, 0.29) is 0 Å². The van der Waals surface area contributed by atoms with E-state index in [9.17, 15) is 0 Å². The number of hydrogen-bond acceptors (Lipinski definition) is 9. The molecule has 178 valence electrons. The van der Waals surface area contributed by atoms with E-state index in [4.69, 9.17) is 14.5 Å². The fraction of sp³-hybridized carbons (Fsp3) is 0.375. The second-order valence-electron chi connectivity index (χ2n) is 8.19. The summed E-state index contributed by atoms with van der Waals surface area (Å²) in [6, 6.07) is 8.74. The van der Waals surface area contributed by atoms with Gasteiger partial charge in [0.2, 0.25) is 17.9 Å². The number of anilines is 1. The molecule has 10 heteroatoms. The van der Waals surface area contributed by atoms with Gasteiger partial charge in [-0.05, 0) is 48.9 Å². The Morgan fingerprint density at radius 2 is 2.18 bits per heavy atom. The molecule has 1 aromatic carbocycles. The molecular formula is C24H28N6O2S2. The maximum Gasteiger partial charge on any atom is 0.248 e. The van der Waals surface area contributed by atoms with Crippen molar-refractivity contribution in [1.82, 2.24) is 24.2 Å². The zero-order valence-corrected chi connectivity index (χ0v) is 20.7. The van der Waals surface area contributed by atoms with Crippen LogP contribution in [0.15, 0.2) is 71.6 Å². The molecule has 2 aliphatic rings. The number of benzene rings is 1. The van der Waals surface area contributed by atoms with E-state index in [1.165, 1.54) is 22.0 Å². The van der Waals surface area contributed by atoms with Crippen LogP contribution in [0.2, 0.25) is 0 Å². The van der Waals surface area contributed by atoms with Crippen LogP contribution in [0.3, 0.4) is 0 Å². The maximum atomic E-state index is 5.55. The molecule has 0 radical (unpaired) electrons. The molecule has 0 fully saturated rings. The lowest BCUT2D eigenvalue weighted by molar-refractivity contribution is 0.0718. The van der Waals surface area contributed by atoms with Gasteiger partial charge in [0.1, 0.15) is 12.1 Å². The van der Waals surface area contributed by atoms with Gasteiger partial charge in [0, 0.05) is 54.9 Å². The van der Waals surface area contributed by atoms with Crippen LogP contribution >= 0.6 is 23.3 Å². The van der Waals surface area contributed by atoms with Crippen LogP contribution in [0, 0.1) is 5.92 Å². The highest BCUT2D eigenvalue weighted by Gasteiger charge is 2.23. The summed E-state index contributed by atoms with van der Waals surface area (Å²) < 4.78 is 17.4. The summed E-state index contributed by atoms with van der Waals surface area (Å²) in [7, 11) is 0. The average molecular weight is 497 g/mol. The molecule has 0 saturated carbocycles. The first-order valence-corrected chi connectivity index (χ1v) is 13.4. The Morgan fingerprint density at radius 1 is 1.26 bits per heavy atom. The third-order valence-electron chi connectivity index (χ3n) is 5.82. The summed E-state index contributed by atoms with van der Waals surface area (Å²) >= 11 is 3.19. The molecule has 5 rings (SSSR count). The summed E-state index contributed by atoms with van der Waals surface area (Å²) in [6.45, 7) is 3.90. The first-order valence-electron chi connectivity index (χ1n) is 11.4. The van der Waals surface area contributed by atoms with Gasteiger partial charge in [-0.2, -0.15) is 9.36 Å². The second kappa shape index (κ2) is 11.1. The highest BCUT2D eigenvalue weighted by molar-refractivity contribution is 7.98. The minimum atomic E-state index is 0.346. The fourth-order valence-corrected chi connectivity index (χ4v) is 5.08. The van der Waals surface area contributed by atoms with Gasteiger partial charge in [-0.1, -0.05) is 18.2 Å². The van der Waals surface area contributed by atoms with E-state index >= 15 is 0 Å². The Morgan fingerprint density at radius 3 is 3.00 bits per heavy atom. The lowest BCUT2D eigenvalue weighted by Crippen LogP contribution is -2.29. The van der Waals surface area contributed by atoms with Crippen molar-refractivity contribution in [2.45, 2.75) is 24.3 Å². The summed E-state index contributed by atoms with van der Waals surface area (Å²) in [5, 5.41) is 4.53. The van der Waals surface area contributed by atoms with Crippen molar-refractivity contribution in [2.24, 2.45) is 5.92 Å². The molecule has 0 amide bonds. The van der Waals surface area contributed by atoms with Crippen LogP contribution < -0.4 is 10.2 Å². The SMILES string of the molecule is CSc1ccc(CN(CCCNCC2C=CC3=C(C2)OCO3)c2nc(-n3ccnc3)ns2)cc1. The van der Waals surface area contributed by atoms with E-state index in [2.05, 4.69) is 56.2 Å². The molecule has 3 heterocycles. The van der Waals surface area contributed by atoms with Gasteiger partial charge in [-0.25, -0.2) is 4.98 Å². The Hall–Kier alpha value is -2.82. The van der Waals surface area contributed by atoms with Gasteiger partial charge in [-0.3, -0.25) is 4.57 Å². The van der Waals surface area contributed by atoms with Crippen molar-refractivity contribution in [3.8, 4) is 5.95 Å². The van der Waals surface area contributed by atoms with Crippen LogP contribution in [0.4, 0.5) is 5.13 Å². The van der Waals surface area contributed by atoms with E-state index in [1.807, 2.05) is 16.8 Å². The highest BCUT2D eigenvalue weighted by Crippen LogP contribution is 2.29. The molecule has 0 spiro atoms. The van der Waals surface area contributed by atoms with Crippen LogP contribution in [-0.4, -0.2) is 51.6 Å². The molecule has 3 aromatic rings. The molecule has 1 N–H and O–H groups in total. The molecule has 1 aliphatic heterocycles. The van der Waals surface area contributed by atoms with Gasteiger partial charge < -0.3 is 19.7 Å². The van der Waals surface area contributed by atoms with Crippen LogP contribution in [0.5, 0.6) is 0 Å². The molecule has 2 aromatic heterocycles. The van der Waals surface area contributed by atoms with Crippen molar-refractivity contribution < 1.29 is 9.47 Å². The van der Waals surface area contributed by atoms with Gasteiger partial charge in [0.15, 0.2) is 5.76 Å². The summed E-state index contributed by atoms with van der Waals surface area (Å²) in [4.78, 5) is 12.5. The highest BCUT2D eigenvalue weighted by atomic mass is 32.2. The second-order valence-corrected chi connectivity index (χ2v) is 9.80. The van der Waals surface area contributed by atoms with Crippen molar-refractivity contribution >= 4 is 28.4 Å². The minimum absolute atomic E-state index is 0.346. The predicted molar refractivity (Wildman–Crippen MR) is 135 cm³/mol. The number of allylic oxidation sites excluding steroid dienone is 2. The molecule has 1 unspecified atom stereocenters. The topological polar surface area (TPSA) is 77.3 Å². The number of hydrogen-bond donors (Lipinski definition) is 1. The number of ether oxygens (including phenoxy) is 2. The summed E-state index contributed by atoms with van der Waals surface area (Å²) in [5.74, 6) is 2.98. The van der Waals surface area contributed by atoms with Gasteiger partial charge >= 0.3 is 0 Å². The third-order valence-corrected chi connectivity index (χ3v) is 7.33. The Kier molecular flexibility index (Phi) is 7.47. The van der Waals surface area contributed by atoms with E-state index in [0.717, 1.165) is 55.7 Å². The number of aromatic nitrogens is 4. The van der Waals surface area contributed by atoms with Gasteiger partial charge in [0.05, 0.1) is 0 Å². The molecule has 0 bridgehead atoms. The molecule has 1 atom stereocenters. The fourth-order valence-electron chi connectivity index (χ4n) is 3.98. The van der Waals surface area contributed by atoms with E-state index < -0.39 is 0 Å². The Labute approximate surface area is 207 Å². The van der Waals surface area contributed by atoms with Crippen molar-refractivity contribution in [3.05, 3.63) is 72.2 Å². The van der Waals surface area contributed by atoms with E-state index in [1.54, 1.807) is 24.3 Å². The molecule has 0 saturated heterocycles. The van der Waals surface area contributed by atoms with Crippen LogP contribution in [0.1, 0.15) is 18.4 Å². The Balaban J connectivity index is 1.17. The maximum absolute atomic E-state index is 5.55. The van der Waals surface area contributed by atoms with Crippen molar-refractivity contribution in [3.63, 3.8) is 0 Å². The molecule has 34 heavy (non-hydrogen) atoms. The number of imidazole rings is 1.